The molecule has 5 atom stereocenters. The van der Waals surface area contributed by atoms with Gasteiger partial charge < -0.3 is 33.8 Å². The molecule has 0 bridgehead atoms. The number of phosphoric acid groups is 2. The van der Waals surface area contributed by atoms with E-state index >= 15 is 0 Å². The Morgan fingerprint density at radius 3 is 0.642 bits per heavy atom. The summed E-state index contributed by atoms with van der Waals surface area (Å²) in [5, 5.41) is 10.7. The lowest BCUT2D eigenvalue weighted by atomic mass is 10.0. The lowest BCUT2D eigenvalue weighted by Gasteiger charge is -2.21. The molecule has 0 heterocycles. The van der Waals surface area contributed by atoms with E-state index in [1.165, 1.54) is 295 Å². The second kappa shape index (κ2) is 79.7. The second-order valence-corrected chi connectivity index (χ2v) is 34.7. The number of aliphatic hydroxyl groups excluding tert-OH is 1. The molecule has 0 aliphatic carbocycles. The minimum atomic E-state index is -4.97. The molecule has 17 nitrogen and oxygen atoms in total. The third kappa shape index (κ3) is 80.1. The van der Waals surface area contributed by atoms with E-state index in [9.17, 15) is 43.2 Å². The Morgan fingerprint density at radius 1 is 0.255 bits per heavy atom. The highest BCUT2D eigenvalue weighted by Gasteiger charge is 2.30. The van der Waals surface area contributed by atoms with E-state index in [1.807, 2.05) is 0 Å². The first-order valence-corrected chi connectivity index (χ1v) is 48.1. The number of rotatable bonds is 87. The first-order chi connectivity index (χ1) is 51.5. The molecular formula is C87H170O17P2. The molecule has 0 aromatic carbocycles. The van der Waals surface area contributed by atoms with Gasteiger partial charge in [-0.25, -0.2) is 9.13 Å². The minimum absolute atomic E-state index is 0.108. The van der Waals surface area contributed by atoms with Crippen molar-refractivity contribution in [3.63, 3.8) is 0 Å². The monoisotopic (exact) mass is 1550 g/mol. The number of esters is 4. The van der Waals surface area contributed by atoms with Crippen LogP contribution in [0.4, 0.5) is 0 Å². The third-order valence-electron chi connectivity index (χ3n) is 20.5. The zero-order chi connectivity index (χ0) is 77.6. The number of unbranched alkanes of at least 4 members (excludes halogenated alkanes) is 59. The number of carbonyl (C=O) groups excluding carboxylic acids is 4. The molecule has 0 rings (SSSR count). The Labute approximate surface area is 651 Å². The van der Waals surface area contributed by atoms with E-state index in [4.69, 9.17) is 37.0 Å². The van der Waals surface area contributed by atoms with E-state index in [1.54, 1.807) is 0 Å². The van der Waals surface area contributed by atoms with Crippen LogP contribution in [0.5, 0.6) is 0 Å². The van der Waals surface area contributed by atoms with Gasteiger partial charge in [0.15, 0.2) is 12.2 Å². The summed E-state index contributed by atoms with van der Waals surface area (Å²) in [5.41, 5.74) is 0. The number of carbonyl (C=O) groups is 4. The van der Waals surface area contributed by atoms with Crippen LogP contribution in [0, 0.1) is 5.92 Å². The number of ether oxygens (including phenoxy) is 4. The van der Waals surface area contributed by atoms with E-state index in [0.717, 1.165) is 95.8 Å². The molecule has 2 unspecified atom stereocenters. The molecule has 0 saturated heterocycles. The standard InChI is InChI=1S/C87H170O17P2/c1-6-9-12-15-18-21-24-27-29-31-33-34-36-38-42-47-52-57-62-67-72-86(91)103-83(77-98-85(90)71-66-61-56-51-46-41-37-35-32-30-28-25-22-19-16-13-10-7-2)79-102-106(95,96)100-75-81(88)74-99-105(93,94)101-78-82(76-97-84(89)70-65-60-55-50-45-26-23-20-17-14-11-8-3)104-87(92)73-68-63-58-53-48-43-39-40-44-49-54-59-64-69-80(4)5/h80-83,88H,6-79H2,1-5H3,(H,93,94)(H,95,96)/t81-,82+,83+/m0/s1. The average molecular weight is 1550 g/mol. The molecular weight excluding hydrogens is 1380 g/mol. The quantitative estimate of drug-likeness (QED) is 0.0222. The second-order valence-electron chi connectivity index (χ2n) is 31.8. The maximum atomic E-state index is 13.2. The molecule has 0 amide bonds. The molecule has 0 aromatic rings. The van der Waals surface area contributed by atoms with Gasteiger partial charge in [0.2, 0.25) is 0 Å². The van der Waals surface area contributed by atoms with Crippen molar-refractivity contribution in [1.29, 1.82) is 0 Å². The van der Waals surface area contributed by atoms with Crippen LogP contribution in [0.25, 0.3) is 0 Å². The van der Waals surface area contributed by atoms with Crippen LogP contribution in [0.2, 0.25) is 0 Å². The normalized spacial score (nSPS) is 13.7. The highest BCUT2D eigenvalue weighted by atomic mass is 31.2. The Bertz CT molecular complexity index is 2010. The summed E-state index contributed by atoms with van der Waals surface area (Å²) in [6, 6.07) is 0. The van der Waals surface area contributed by atoms with Gasteiger partial charge in [0.25, 0.3) is 0 Å². The SMILES string of the molecule is CCCCCCCCCCCCCCCCCCCCCCC(=O)O[C@H](COC(=O)CCCCCCCCCCCCCCCCCCCC)COP(=O)(O)OC[C@@H](O)COP(=O)(O)OC[C@@H](COC(=O)CCCCCCCCCCCCCC)OC(=O)CCCCCCCCCCCCCCCC(C)C. The highest BCUT2D eigenvalue weighted by Crippen LogP contribution is 2.45. The average Bonchev–Trinajstić information content (AvgIpc) is 0.902. The fourth-order valence-electron chi connectivity index (χ4n) is 13.6. The Hall–Kier alpha value is -1.94. The molecule has 0 aliphatic heterocycles. The Balaban J connectivity index is 5.25. The topological polar surface area (TPSA) is 237 Å². The summed E-state index contributed by atoms with van der Waals surface area (Å²) in [4.78, 5) is 73.3. The van der Waals surface area contributed by atoms with E-state index in [2.05, 4.69) is 34.6 Å². The van der Waals surface area contributed by atoms with Crippen molar-refractivity contribution in [2.75, 3.05) is 39.6 Å². The smallest absolute Gasteiger partial charge is 0.462 e. The fourth-order valence-corrected chi connectivity index (χ4v) is 15.2. The van der Waals surface area contributed by atoms with Gasteiger partial charge in [-0.2, -0.15) is 0 Å². The molecule has 0 fully saturated rings. The maximum Gasteiger partial charge on any atom is 0.472 e. The van der Waals surface area contributed by atoms with Crippen molar-refractivity contribution in [2.24, 2.45) is 5.92 Å². The summed E-state index contributed by atoms with van der Waals surface area (Å²) < 4.78 is 69.0. The van der Waals surface area contributed by atoms with Gasteiger partial charge in [-0.3, -0.25) is 37.3 Å². The number of hydrogen-bond acceptors (Lipinski definition) is 15. The summed E-state index contributed by atoms with van der Waals surface area (Å²) in [5.74, 6) is -1.31. The van der Waals surface area contributed by atoms with E-state index in [0.29, 0.717) is 25.7 Å². The van der Waals surface area contributed by atoms with Gasteiger partial charge in [0.1, 0.15) is 19.3 Å². The first-order valence-electron chi connectivity index (χ1n) is 45.1. The molecule has 106 heavy (non-hydrogen) atoms. The first kappa shape index (κ1) is 104. The van der Waals surface area contributed by atoms with Crippen LogP contribution in [0.1, 0.15) is 471 Å². The zero-order valence-corrected chi connectivity index (χ0v) is 71.4. The molecule has 0 radical (unpaired) electrons. The number of hydrogen-bond donors (Lipinski definition) is 3. The number of phosphoric ester groups is 2. The molecule has 19 heteroatoms. The highest BCUT2D eigenvalue weighted by molar-refractivity contribution is 7.47. The molecule has 0 aliphatic rings. The molecule has 0 spiro atoms. The lowest BCUT2D eigenvalue weighted by molar-refractivity contribution is -0.161. The van der Waals surface area contributed by atoms with Crippen LogP contribution < -0.4 is 0 Å². The zero-order valence-electron chi connectivity index (χ0n) is 69.6. The van der Waals surface area contributed by atoms with Crippen molar-refractivity contribution >= 4 is 39.5 Å². The molecule has 0 aromatic heterocycles. The van der Waals surface area contributed by atoms with Crippen molar-refractivity contribution in [2.45, 2.75) is 490 Å². The van der Waals surface area contributed by atoms with Crippen LogP contribution in [-0.4, -0.2) is 96.7 Å². The van der Waals surface area contributed by atoms with Gasteiger partial charge >= 0.3 is 39.5 Å². The maximum absolute atomic E-state index is 13.2. The van der Waals surface area contributed by atoms with E-state index in [-0.39, 0.29) is 25.7 Å². The summed E-state index contributed by atoms with van der Waals surface area (Å²) >= 11 is 0. The van der Waals surface area contributed by atoms with E-state index < -0.39 is 97.5 Å². The third-order valence-corrected chi connectivity index (χ3v) is 22.4. The van der Waals surface area contributed by atoms with Gasteiger partial charge in [0.05, 0.1) is 26.4 Å². The predicted octanol–water partition coefficient (Wildman–Crippen LogP) is 26.8. The van der Waals surface area contributed by atoms with Crippen LogP contribution in [0.15, 0.2) is 0 Å². The van der Waals surface area contributed by atoms with Gasteiger partial charge in [-0.1, -0.05) is 420 Å². The minimum Gasteiger partial charge on any atom is -0.462 e. The van der Waals surface area contributed by atoms with Crippen molar-refractivity contribution < 1.29 is 80.2 Å². The molecule has 630 valence electrons. The number of aliphatic hydroxyl groups is 1. The van der Waals surface area contributed by atoms with Crippen molar-refractivity contribution in [3.05, 3.63) is 0 Å². The van der Waals surface area contributed by atoms with Crippen molar-refractivity contribution in [3.8, 4) is 0 Å². The van der Waals surface area contributed by atoms with Gasteiger partial charge in [-0.15, -0.1) is 0 Å². The van der Waals surface area contributed by atoms with Gasteiger partial charge in [-0.05, 0) is 31.6 Å². The summed E-state index contributed by atoms with van der Waals surface area (Å²) in [7, 11) is -9.93. The van der Waals surface area contributed by atoms with Gasteiger partial charge in [0, 0.05) is 25.7 Å². The lowest BCUT2D eigenvalue weighted by Crippen LogP contribution is -2.30. The molecule has 3 N–H and O–H groups in total. The Morgan fingerprint density at radius 2 is 0.434 bits per heavy atom. The fraction of sp³-hybridized carbons (Fsp3) is 0.954. The molecule has 0 saturated carbocycles. The summed E-state index contributed by atoms with van der Waals surface area (Å²) in [6.07, 6.45) is 73.5. The Kier molecular flexibility index (Phi) is 78.2. The predicted molar refractivity (Wildman–Crippen MR) is 437 cm³/mol. The van der Waals surface area contributed by atoms with Crippen LogP contribution in [-0.2, 0) is 65.4 Å². The summed E-state index contributed by atoms with van der Waals surface area (Å²) in [6.45, 7) is 7.39. The van der Waals surface area contributed by atoms with Crippen LogP contribution >= 0.6 is 15.6 Å². The largest absolute Gasteiger partial charge is 0.472 e. The van der Waals surface area contributed by atoms with Crippen LogP contribution in [0.3, 0.4) is 0 Å². The van der Waals surface area contributed by atoms with Crippen molar-refractivity contribution in [1.82, 2.24) is 0 Å².